The molecule has 0 spiro atoms. The topological polar surface area (TPSA) is 54.3 Å². The summed E-state index contributed by atoms with van der Waals surface area (Å²) in [5.41, 5.74) is 1.03. The number of rotatable bonds is 8. The van der Waals surface area contributed by atoms with Crippen molar-refractivity contribution in [3.63, 3.8) is 0 Å². The lowest BCUT2D eigenvalue weighted by Gasteiger charge is -2.20. The highest BCUT2D eigenvalue weighted by Gasteiger charge is 2.30. The summed E-state index contributed by atoms with van der Waals surface area (Å²) in [6.07, 6.45) is -0.142. The standard InChI is InChI=1S/C23H22F3N3O2S/c1-28(18-7-3-16(4-8-18)23(24,25)26)13-14-29-12-11-20(21(29)15-30)22(31)27-17-5-9-19(32-2)10-6-17/h3-12,15H,13-14H2,1-2H3,(H,27,31). The van der Waals surface area contributed by atoms with E-state index in [-0.39, 0.29) is 17.2 Å². The van der Waals surface area contributed by atoms with Crippen molar-refractivity contribution in [3.8, 4) is 0 Å². The number of halogens is 3. The molecule has 0 radical (unpaired) electrons. The Morgan fingerprint density at radius 3 is 2.31 bits per heavy atom. The van der Waals surface area contributed by atoms with Gasteiger partial charge >= 0.3 is 6.18 Å². The van der Waals surface area contributed by atoms with Crippen LogP contribution in [0, 0.1) is 0 Å². The van der Waals surface area contributed by atoms with E-state index in [1.54, 1.807) is 52.7 Å². The van der Waals surface area contributed by atoms with Gasteiger partial charge in [-0.3, -0.25) is 9.59 Å². The lowest BCUT2D eigenvalue weighted by Crippen LogP contribution is -2.23. The van der Waals surface area contributed by atoms with Gasteiger partial charge in [-0.1, -0.05) is 0 Å². The molecule has 0 atom stereocenters. The second kappa shape index (κ2) is 9.95. The molecular weight excluding hydrogens is 439 g/mol. The summed E-state index contributed by atoms with van der Waals surface area (Å²) in [6.45, 7) is 0.805. The van der Waals surface area contributed by atoms with E-state index >= 15 is 0 Å². The third-order valence-corrected chi connectivity index (χ3v) is 5.77. The number of aromatic nitrogens is 1. The average Bonchev–Trinajstić information content (AvgIpc) is 3.20. The quantitative estimate of drug-likeness (QED) is 0.359. The molecule has 1 N–H and O–H groups in total. The Morgan fingerprint density at radius 1 is 1.09 bits per heavy atom. The Kier molecular flexibility index (Phi) is 7.29. The van der Waals surface area contributed by atoms with Gasteiger partial charge < -0.3 is 14.8 Å². The molecule has 32 heavy (non-hydrogen) atoms. The zero-order chi connectivity index (χ0) is 23.3. The van der Waals surface area contributed by atoms with E-state index in [2.05, 4.69) is 5.32 Å². The number of hydrogen-bond donors (Lipinski definition) is 1. The minimum atomic E-state index is -4.38. The first kappa shape index (κ1) is 23.5. The third kappa shape index (κ3) is 5.53. The van der Waals surface area contributed by atoms with Crippen LogP contribution in [-0.2, 0) is 12.7 Å². The second-order valence-corrected chi connectivity index (χ2v) is 7.95. The SMILES string of the molecule is CSc1ccc(NC(=O)c2ccn(CCN(C)c3ccc(C(F)(F)F)cc3)c2C=O)cc1. The van der Waals surface area contributed by atoms with Crippen molar-refractivity contribution in [2.24, 2.45) is 0 Å². The van der Waals surface area contributed by atoms with Crippen molar-refractivity contribution in [3.05, 3.63) is 77.6 Å². The molecule has 3 rings (SSSR count). The maximum Gasteiger partial charge on any atom is 0.416 e. The number of carbonyl (C=O) groups is 2. The number of amides is 1. The molecular formula is C23H22F3N3O2S. The molecule has 0 saturated heterocycles. The highest BCUT2D eigenvalue weighted by atomic mass is 32.2. The van der Waals surface area contributed by atoms with Gasteiger partial charge in [0.25, 0.3) is 5.91 Å². The molecule has 0 fully saturated rings. The van der Waals surface area contributed by atoms with Gasteiger partial charge in [0.15, 0.2) is 6.29 Å². The number of hydrogen-bond acceptors (Lipinski definition) is 4. The highest BCUT2D eigenvalue weighted by molar-refractivity contribution is 7.98. The Morgan fingerprint density at radius 2 is 1.75 bits per heavy atom. The van der Waals surface area contributed by atoms with Gasteiger partial charge in [0.2, 0.25) is 0 Å². The molecule has 0 aliphatic rings. The minimum Gasteiger partial charge on any atom is -0.373 e. The summed E-state index contributed by atoms with van der Waals surface area (Å²) >= 11 is 1.59. The summed E-state index contributed by atoms with van der Waals surface area (Å²) in [4.78, 5) is 27.2. The Labute approximate surface area is 188 Å². The molecule has 0 unspecified atom stereocenters. The van der Waals surface area contributed by atoms with Crippen LogP contribution >= 0.6 is 11.8 Å². The summed E-state index contributed by atoms with van der Waals surface area (Å²) in [7, 11) is 1.75. The minimum absolute atomic E-state index is 0.240. The Balaban J connectivity index is 1.66. The first-order chi connectivity index (χ1) is 15.2. The van der Waals surface area contributed by atoms with Crippen LogP contribution in [0.1, 0.15) is 26.4 Å². The number of thioether (sulfide) groups is 1. The van der Waals surface area contributed by atoms with E-state index in [4.69, 9.17) is 0 Å². The molecule has 0 aliphatic carbocycles. The van der Waals surface area contributed by atoms with Crippen molar-refractivity contribution in [1.29, 1.82) is 0 Å². The predicted molar refractivity (Wildman–Crippen MR) is 121 cm³/mol. The molecule has 1 heterocycles. The van der Waals surface area contributed by atoms with Crippen LogP contribution in [0.2, 0.25) is 0 Å². The maximum absolute atomic E-state index is 12.7. The van der Waals surface area contributed by atoms with Gasteiger partial charge in [-0.2, -0.15) is 13.2 Å². The van der Waals surface area contributed by atoms with E-state index in [0.29, 0.717) is 30.8 Å². The molecule has 9 heteroatoms. The summed E-state index contributed by atoms with van der Waals surface area (Å²) in [5, 5.41) is 2.78. The number of nitrogens with zero attached hydrogens (tertiary/aromatic N) is 2. The van der Waals surface area contributed by atoms with Gasteiger partial charge in [-0.15, -0.1) is 11.8 Å². The van der Waals surface area contributed by atoms with Gasteiger partial charge in [-0.25, -0.2) is 0 Å². The molecule has 3 aromatic rings. The molecule has 5 nitrogen and oxygen atoms in total. The number of anilines is 2. The van der Waals surface area contributed by atoms with Crippen molar-refractivity contribution >= 4 is 35.3 Å². The molecule has 0 saturated carbocycles. The predicted octanol–water partition coefficient (Wildman–Crippen LogP) is 5.43. The van der Waals surface area contributed by atoms with Crippen LogP contribution in [0.4, 0.5) is 24.5 Å². The summed E-state index contributed by atoms with van der Waals surface area (Å²) < 4.78 is 39.8. The van der Waals surface area contributed by atoms with E-state index in [0.717, 1.165) is 17.0 Å². The molecule has 0 bridgehead atoms. The molecule has 0 aliphatic heterocycles. The van der Waals surface area contributed by atoms with Crippen LogP contribution in [0.5, 0.6) is 0 Å². The van der Waals surface area contributed by atoms with Crippen LogP contribution in [0.25, 0.3) is 0 Å². The third-order valence-electron chi connectivity index (χ3n) is 5.02. The lowest BCUT2D eigenvalue weighted by atomic mass is 10.2. The van der Waals surface area contributed by atoms with Crippen LogP contribution in [-0.4, -0.2) is 36.6 Å². The van der Waals surface area contributed by atoms with E-state index in [1.807, 2.05) is 18.4 Å². The van der Waals surface area contributed by atoms with Crippen molar-refractivity contribution in [1.82, 2.24) is 4.57 Å². The number of alkyl halides is 3. The van der Waals surface area contributed by atoms with Gasteiger partial charge in [0.05, 0.1) is 16.8 Å². The van der Waals surface area contributed by atoms with Gasteiger partial charge in [0.1, 0.15) is 0 Å². The molecule has 1 aromatic heterocycles. The number of likely N-dealkylation sites (N-methyl/N-ethyl adjacent to an activating group) is 1. The summed E-state index contributed by atoms with van der Waals surface area (Å²) in [6, 6.07) is 13.8. The zero-order valence-electron chi connectivity index (χ0n) is 17.5. The number of benzene rings is 2. The van der Waals surface area contributed by atoms with Crippen molar-refractivity contribution < 1.29 is 22.8 Å². The zero-order valence-corrected chi connectivity index (χ0v) is 18.3. The molecule has 2 aromatic carbocycles. The Hall–Kier alpha value is -3.20. The number of nitrogens with one attached hydrogen (secondary N) is 1. The van der Waals surface area contributed by atoms with Crippen molar-refractivity contribution in [2.45, 2.75) is 17.6 Å². The van der Waals surface area contributed by atoms with Gasteiger partial charge in [-0.05, 0) is 60.9 Å². The lowest BCUT2D eigenvalue weighted by molar-refractivity contribution is -0.137. The fraction of sp³-hybridized carbons (Fsp3) is 0.217. The molecule has 168 valence electrons. The highest BCUT2D eigenvalue weighted by Crippen LogP contribution is 2.30. The van der Waals surface area contributed by atoms with E-state index in [9.17, 15) is 22.8 Å². The average molecular weight is 462 g/mol. The maximum atomic E-state index is 12.7. The van der Waals surface area contributed by atoms with Crippen LogP contribution in [0.3, 0.4) is 0 Å². The monoisotopic (exact) mass is 461 g/mol. The van der Waals surface area contributed by atoms with E-state index < -0.39 is 11.7 Å². The first-order valence-corrected chi connectivity index (χ1v) is 10.9. The van der Waals surface area contributed by atoms with E-state index in [1.165, 1.54) is 12.1 Å². The first-order valence-electron chi connectivity index (χ1n) is 9.71. The normalized spacial score (nSPS) is 11.3. The summed E-state index contributed by atoms with van der Waals surface area (Å²) in [5.74, 6) is -0.390. The fourth-order valence-corrected chi connectivity index (χ4v) is 3.58. The van der Waals surface area contributed by atoms with Crippen molar-refractivity contribution in [2.75, 3.05) is 30.1 Å². The van der Waals surface area contributed by atoms with Crippen LogP contribution in [0.15, 0.2) is 65.7 Å². The number of aldehydes is 1. The fourth-order valence-electron chi connectivity index (χ4n) is 3.17. The largest absolute Gasteiger partial charge is 0.416 e. The van der Waals surface area contributed by atoms with Crippen LogP contribution < -0.4 is 10.2 Å². The van der Waals surface area contributed by atoms with Gasteiger partial charge in [0, 0.05) is 42.6 Å². The number of carbonyl (C=O) groups excluding carboxylic acids is 2. The smallest absolute Gasteiger partial charge is 0.373 e. The molecule has 1 amide bonds. The Bertz CT molecular complexity index is 1080. The second-order valence-electron chi connectivity index (χ2n) is 7.07.